The first kappa shape index (κ1) is 22.6. The average Bonchev–Trinajstić information content (AvgIpc) is 2.83. The van der Waals surface area contributed by atoms with Crippen LogP contribution in [0.15, 0.2) is 34.1 Å². The van der Waals surface area contributed by atoms with E-state index in [0.717, 1.165) is 5.56 Å². The largest absolute Gasteiger partial charge is 0.443 e. The Labute approximate surface area is 176 Å². The average molecular weight is 420 g/mol. The Morgan fingerprint density at radius 2 is 2.00 bits per heavy atom. The number of hydrogen-bond donors (Lipinski definition) is 2. The Balaban J connectivity index is 2.36. The van der Waals surface area contributed by atoms with E-state index in [1.807, 2.05) is 45.0 Å². The van der Waals surface area contributed by atoms with Crippen molar-refractivity contribution in [2.75, 3.05) is 24.3 Å². The maximum absolute atomic E-state index is 12.8. The fraction of sp³-hybridized carbons (Fsp3) is 0.450. The van der Waals surface area contributed by atoms with Gasteiger partial charge < -0.3 is 10.1 Å². The predicted octanol–water partition coefficient (Wildman–Crippen LogP) is 3.63. The van der Waals surface area contributed by atoms with Gasteiger partial charge in [-0.1, -0.05) is 12.1 Å². The fourth-order valence-corrected chi connectivity index (χ4v) is 2.88. The Kier molecular flexibility index (Phi) is 6.84. The highest BCUT2D eigenvalue weighted by Crippen LogP contribution is 2.23. The summed E-state index contributed by atoms with van der Waals surface area (Å²) in [6.07, 6.45) is -0.441. The SMILES string of the molecule is CNc1c(/N=C(/C)S)n(C)n(Cc2cccc(N(C)C(=O)OC(C)(C)C)c2)c1=O. The van der Waals surface area contributed by atoms with Gasteiger partial charge in [0.2, 0.25) is 0 Å². The number of aliphatic imine (C=N–C) groups is 1. The zero-order chi connectivity index (χ0) is 21.9. The summed E-state index contributed by atoms with van der Waals surface area (Å²) in [6, 6.07) is 7.42. The first-order valence-corrected chi connectivity index (χ1v) is 9.66. The number of anilines is 2. The van der Waals surface area contributed by atoms with Gasteiger partial charge in [-0.3, -0.25) is 14.4 Å². The second kappa shape index (κ2) is 8.77. The van der Waals surface area contributed by atoms with Crippen LogP contribution >= 0.6 is 12.6 Å². The van der Waals surface area contributed by atoms with Crippen molar-refractivity contribution in [1.82, 2.24) is 9.36 Å². The summed E-state index contributed by atoms with van der Waals surface area (Å²) in [5.41, 5.74) is 1.18. The number of thiol groups is 1. The molecule has 1 N–H and O–H groups in total. The number of aromatic nitrogens is 2. The summed E-state index contributed by atoms with van der Waals surface area (Å²) in [5.74, 6) is 0.507. The van der Waals surface area contributed by atoms with Gasteiger partial charge in [0.1, 0.15) is 11.3 Å². The molecule has 0 aliphatic carbocycles. The van der Waals surface area contributed by atoms with Crippen LogP contribution < -0.4 is 15.8 Å². The summed E-state index contributed by atoms with van der Waals surface area (Å²) >= 11 is 4.22. The minimum atomic E-state index is -0.578. The van der Waals surface area contributed by atoms with Gasteiger partial charge in [0.15, 0.2) is 5.82 Å². The molecule has 0 aliphatic rings. The van der Waals surface area contributed by atoms with Crippen LogP contribution in [-0.2, 0) is 18.3 Å². The number of ether oxygens (including phenoxy) is 1. The third-order valence-electron chi connectivity index (χ3n) is 4.16. The van der Waals surface area contributed by atoms with Crippen molar-refractivity contribution in [2.45, 2.75) is 39.8 Å². The maximum Gasteiger partial charge on any atom is 0.414 e. The van der Waals surface area contributed by atoms with Crippen LogP contribution in [0.3, 0.4) is 0 Å². The molecule has 0 saturated heterocycles. The van der Waals surface area contributed by atoms with Crippen molar-refractivity contribution in [3.8, 4) is 0 Å². The lowest BCUT2D eigenvalue weighted by Crippen LogP contribution is -2.34. The minimum absolute atomic E-state index is 0.186. The number of carbonyl (C=O) groups excluding carboxylic acids is 1. The number of amides is 1. The number of nitrogens with zero attached hydrogens (tertiary/aromatic N) is 4. The maximum atomic E-state index is 12.8. The fourth-order valence-electron chi connectivity index (χ4n) is 2.79. The monoisotopic (exact) mass is 419 g/mol. The smallest absolute Gasteiger partial charge is 0.414 e. The van der Waals surface area contributed by atoms with E-state index in [-0.39, 0.29) is 5.56 Å². The first-order valence-electron chi connectivity index (χ1n) is 9.22. The minimum Gasteiger partial charge on any atom is -0.443 e. The first-order chi connectivity index (χ1) is 13.4. The molecule has 0 atom stereocenters. The molecule has 0 radical (unpaired) electrons. The highest BCUT2D eigenvalue weighted by molar-refractivity contribution is 7.96. The molecule has 1 amide bonds. The number of benzene rings is 1. The Bertz CT molecular complexity index is 981. The van der Waals surface area contributed by atoms with Crippen LogP contribution in [0.4, 0.5) is 22.0 Å². The lowest BCUT2D eigenvalue weighted by atomic mass is 10.2. The van der Waals surface area contributed by atoms with Crippen molar-refractivity contribution in [3.05, 3.63) is 40.2 Å². The van der Waals surface area contributed by atoms with E-state index in [1.54, 1.807) is 37.4 Å². The summed E-state index contributed by atoms with van der Waals surface area (Å²) in [7, 11) is 5.11. The second-order valence-corrected chi connectivity index (χ2v) is 8.35. The van der Waals surface area contributed by atoms with Crippen LogP contribution in [0.25, 0.3) is 0 Å². The highest BCUT2D eigenvalue weighted by atomic mass is 32.1. The zero-order valence-electron chi connectivity index (χ0n) is 18.0. The van der Waals surface area contributed by atoms with E-state index in [9.17, 15) is 9.59 Å². The molecular formula is C20H29N5O3S. The van der Waals surface area contributed by atoms with Crippen molar-refractivity contribution in [3.63, 3.8) is 0 Å². The second-order valence-electron chi connectivity index (χ2n) is 7.70. The Hall–Kier alpha value is -2.68. The molecule has 0 aliphatic heterocycles. The van der Waals surface area contributed by atoms with E-state index in [0.29, 0.717) is 28.8 Å². The summed E-state index contributed by atoms with van der Waals surface area (Å²) in [5, 5.41) is 3.47. The molecule has 29 heavy (non-hydrogen) atoms. The third-order valence-corrected chi connectivity index (χ3v) is 4.26. The number of carbonyl (C=O) groups is 1. The van der Waals surface area contributed by atoms with E-state index in [4.69, 9.17) is 4.74 Å². The van der Waals surface area contributed by atoms with Gasteiger partial charge in [-0.15, -0.1) is 12.6 Å². The van der Waals surface area contributed by atoms with E-state index in [2.05, 4.69) is 22.9 Å². The third kappa shape index (κ3) is 5.44. The molecule has 0 saturated carbocycles. The molecule has 9 heteroatoms. The normalized spacial score (nSPS) is 12.1. The Morgan fingerprint density at radius 3 is 2.55 bits per heavy atom. The standard InChI is InChI=1S/C20H29N5O3S/c1-13(29)22-17-16(21-5)18(26)25(24(17)7)12-14-9-8-10-15(11-14)23(6)19(27)28-20(2,3)4/h8-11,21H,12H2,1-7H3,(H,22,29). The zero-order valence-corrected chi connectivity index (χ0v) is 18.9. The van der Waals surface area contributed by atoms with E-state index < -0.39 is 11.7 Å². The quantitative estimate of drug-likeness (QED) is 0.441. The van der Waals surface area contributed by atoms with Gasteiger partial charge >= 0.3 is 6.09 Å². The van der Waals surface area contributed by atoms with Crippen molar-refractivity contribution >= 4 is 41.0 Å². The summed E-state index contributed by atoms with van der Waals surface area (Å²) in [6.45, 7) is 7.54. The van der Waals surface area contributed by atoms with Gasteiger partial charge in [0, 0.05) is 26.8 Å². The van der Waals surface area contributed by atoms with Gasteiger partial charge in [0.25, 0.3) is 5.56 Å². The molecule has 2 aromatic rings. The predicted molar refractivity (Wildman–Crippen MR) is 121 cm³/mol. The molecule has 0 bridgehead atoms. The number of nitrogens with one attached hydrogen (secondary N) is 1. The Morgan fingerprint density at radius 1 is 1.34 bits per heavy atom. The number of rotatable bonds is 5. The molecule has 0 unspecified atom stereocenters. The van der Waals surface area contributed by atoms with Crippen LogP contribution in [0, 0.1) is 0 Å². The number of hydrogen-bond acceptors (Lipinski definition) is 5. The lowest BCUT2D eigenvalue weighted by Gasteiger charge is -2.25. The van der Waals surface area contributed by atoms with Crippen LogP contribution in [0.1, 0.15) is 33.3 Å². The van der Waals surface area contributed by atoms with E-state index in [1.165, 1.54) is 4.90 Å². The molecule has 158 valence electrons. The van der Waals surface area contributed by atoms with Gasteiger partial charge in [-0.25, -0.2) is 14.5 Å². The molecule has 0 fully saturated rings. The molecule has 0 spiro atoms. The van der Waals surface area contributed by atoms with Gasteiger partial charge in [-0.05, 0) is 45.4 Å². The molecule has 8 nitrogen and oxygen atoms in total. The topological polar surface area (TPSA) is 80.9 Å². The van der Waals surface area contributed by atoms with Crippen LogP contribution in [0.2, 0.25) is 0 Å². The van der Waals surface area contributed by atoms with Crippen LogP contribution in [0.5, 0.6) is 0 Å². The van der Waals surface area contributed by atoms with Crippen molar-refractivity contribution < 1.29 is 9.53 Å². The van der Waals surface area contributed by atoms with Crippen molar-refractivity contribution in [1.29, 1.82) is 0 Å². The highest BCUT2D eigenvalue weighted by Gasteiger charge is 2.21. The molecular weight excluding hydrogens is 390 g/mol. The van der Waals surface area contributed by atoms with Gasteiger partial charge in [0.05, 0.1) is 11.6 Å². The van der Waals surface area contributed by atoms with Gasteiger partial charge in [-0.2, -0.15) is 0 Å². The summed E-state index contributed by atoms with van der Waals surface area (Å²) < 4.78 is 8.69. The lowest BCUT2D eigenvalue weighted by molar-refractivity contribution is 0.0589. The van der Waals surface area contributed by atoms with Crippen molar-refractivity contribution in [2.24, 2.45) is 12.0 Å². The van der Waals surface area contributed by atoms with Crippen LogP contribution in [-0.4, -0.2) is 40.2 Å². The molecule has 1 aromatic heterocycles. The van der Waals surface area contributed by atoms with E-state index >= 15 is 0 Å². The summed E-state index contributed by atoms with van der Waals surface area (Å²) in [4.78, 5) is 30.9. The molecule has 1 aromatic carbocycles. The molecule has 2 rings (SSSR count). The molecule has 1 heterocycles.